The molecule has 3 rings (SSSR count). The van der Waals surface area contributed by atoms with Crippen molar-refractivity contribution in [1.29, 1.82) is 0 Å². The molecule has 0 saturated carbocycles. The lowest BCUT2D eigenvalue weighted by Gasteiger charge is -2.28. The van der Waals surface area contributed by atoms with E-state index in [9.17, 15) is 4.79 Å². The molecular formula is C15H21N5OS. The van der Waals surface area contributed by atoms with Gasteiger partial charge < -0.3 is 5.32 Å². The SMILES string of the molecule is Cc1nnsc1C(=O)N[C@H]1CCCc2c1cnn2C(C)(C)C. The van der Waals surface area contributed by atoms with Gasteiger partial charge in [-0.2, -0.15) is 5.10 Å². The van der Waals surface area contributed by atoms with Crippen molar-refractivity contribution in [1.82, 2.24) is 24.7 Å². The molecule has 1 N–H and O–H groups in total. The Bertz CT molecular complexity index is 697. The molecule has 2 aromatic heterocycles. The highest BCUT2D eigenvalue weighted by molar-refractivity contribution is 7.08. The molecule has 22 heavy (non-hydrogen) atoms. The van der Waals surface area contributed by atoms with Crippen LogP contribution < -0.4 is 5.32 Å². The van der Waals surface area contributed by atoms with Crippen molar-refractivity contribution >= 4 is 17.4 Å². The predicted octanol–water partition coefficient (Wildman–Crippen LogP) is 2.61. The Morgan fingerprint density at radius 3 is 2.86 bits per heavy atom. The largest absolute Gasteiger partial charge is 0.344 e. The molecule has 0 spiro atoms. The van der Waals surface area contributed by atoms with Crippen LogP contribution in [0, 0.1) is 6.92 Å². The molecule has 118 valence electrons. The molecule has 0 radical (unpaired) electrons. The van der Waals surface area contributed by atoms with Gasteiger partial charge in [0.05, 0.1) is 23.5 Å². The second kappa shape index (κ2) is 5.46. The lowest BCUT2D eigenvalue weighted by Crippen LogP contribution is -2.32. The van der Waals surface area contributed by atoms with Crippen LogP contribution in [0.5, 0.6) is 0 Å². The van der Waals surface area contributed by atoms with Crippen molar-refractivity contribution in [2.75, 3.05) is 0 Å². The van der Waals surface area contributed by atoms with Gasteiger partial charge in [-0.25, -0.2) is 0 Å². The first kappa shape index (κ1) is 15.1. The van der Waals surface area contributed by atoms with E-state index in [1.54, 1.807) is 0 Å². The smallest absolute Gasteiger partial charge is 0.265 e. The molecule has 0 saturated heterocycles. The zero-order valence-corrected chi connectivity index (χ0v) is 14.2. The van der Waals surface area contributed by atoms with Crippen LogP contribution in [-0.2, 0) is 12.0 Å². The number of amides is 1. The topological polar surface area (TPSA) is 72.7 Å². The van der Waals surface area contributed by atoms with Crippen LogP contribution in [0.4, 0.5) is 0 Å². The molecule has 0 bridgehead atoms. The third kappa shape index (κ3) is 2.65. The molecule has 0 fully saturated rings. The molecule has 0 aromatic carbocycles. The minimum absolute atomic E-state index is 0.0221. The minimum Gasteiger partial charge on any atom is -0.344 e. The van der Waals surface area contributed by atoms with Crippen LogP contribution in [0.1, 0.15) is 66.3 Å². The summed E-state index contributed by atoms with van der Waals surface area (Å²) in [4.78, 5) is 13.0. The number of nitrogens with zero attached hydrogens (tertiary/aromatic N) is 4. The van der Waals surface area contributed by atoms with E-state index in [4.69, 9.17) is 0 Å². The first-order valence-electron chi connectivity index (χ1n) is 7.55. The second-order valence-corrected chi connectivity index (χ2v) is 7.49. The molecule has 0 unspecified atom stereocenters. The summed E-state index contributed by atoms with van der Waals surface area (Å²) in [6.45, 7) is 8.25. The number of hydrogen-bond donors (Lipinski definition) is 1. The van der Waals surface area contributed by atoms with Gasteiger partial charge in [0.2, 0.25) is 0 Å². The normalized spacial score (nSPS) is 18.1. The highest BCUT2D eigenvalue weighted by Crippen LogP contribution is 2.32. The maximum atomic E-state index is 12.4. The van der Waals surface area contributed by atoms with Crippen LogP contribution in [0.25, 0.3) is 0 Å². The number of carbonyl (C=O) groups is 1. The number of carbonyl (C=O) groups excluding carboxylic acids is 1. The second-order valence-electron chi connectivity index (χ2n) is 6.73. The minimum atomic E-state index is -0.0890. The number of aromatic nitrogens is 4. The van der Waals surface area contributed by atoms with Gasteiger partial charge in [-0.1, -0.05) is 4.49 Å². The molecule has 7 heteroatoms. The fraction of sp³-hybridized carbons (Fsp3) is 0.600. The fourth-order valence-electron chi connectivity index (χ4n) is 2.95. The summed E-state index contributed by atoms with van der Waals surface area (Å²) in [7, 11) is 0. The van der Waals surface area contributed by atoms with E-state index in [1.807, 2.05) is 13.1 Å². The maximum Gasteiger partial charge on any atom is 0.265 e. The summed E-state index contributed by atoms with van der Waals surface area (Å²) >= 11 is 1.14. The van der Waals surface area contributed by atoms with E-state index < -0.39 is 0 Å². The molecule has 1 aliphatic carbocycles. The number of rotatable bonds is 2. The Hall–Kier alpha value is -1.76. The van der Waals surface area contributed by atoms with Crippen molar-refractivity contribution in [3.63, 3.8) is 0 Å². The average Bonchev–Trinajstić information content (AvgIpc) is 3.04. The monoisotopic (exact) mass is 319 g/mol. The predicted molar refractivity (Wildman–Crippen MR) is 85.0 cm³/mol. The van der Waals surface area contributed by atoms with E-state index >= 15 is 0 Å². The molecular weight excluding hydrogens is 298 g/mol. The van der Waals surface area contributed by atoms with E-state index in [0.717, 1.165) is 36.4 Å². The van der Waals surface area contributed by atoms with Gasteiger partial charge in [-0.15, -0.1) is 5.10 Å². The zero-order valence-electron chi connectivity index (χ0n) is 13.4. The summed E-state index contributed by atoms with van der Waals surface area (Å²) < 4.78 is 5.91. The third-order valence-electron chi connectivity index (χ3n) is 3.98. The third-order valence-corrected chi connectivity index (χ3v) is 4.81. The van der Waals surface area contributed by atoms with Crippen LogP contribution in [-0.4, -0.2) is 25.3 Å². The lowest BCUT2D eigenvalue weighted by molar-refractivity contribution is 0.0936. The van der Waals surface area contributed by atoms with E-state index in [2.05, 4.69) is 45.5 Å². The van der Waals surface area contributed by atoms with Crippen molar-refractivity contribution in [2.24, 2.45) is 0 Å². The van der Waals surface area contributed by atoms with Gasteiger partial charge in [0, 0.05) is 11.3 Å². The molecule has 6 nitrogen and oxygen atoms in total. The number of hydrogen-bond acceptors (Lipinski definition) is 5. The van der Waals surface area contributed by atoms with Gasteiger partial charge in [0.25, 0.3) is 5.91 Å². The van der Waals surface area contributed by atoms with Crippen molar-refractivity contribution < 1.29 is 4.79 Å². The fourth-order valence-corrected chi connectivity index (χ4v) is 3.51. The van der Waals surface area contributed by atoms with Crippen LogP contribution in [0.2, 0.25) is 0 Å². The van der Waals surface area contributed by atoms with E-state index in [0.29, 0.717) is 10.6 Å². The van der Waals surface area contributed by atoms with Gasteiger partial charge in [0.1, 0.15) is 4.88 Å². The van der Waals surface area contributed by atoms with E-state index in [1.165, 1.54) is 5.69 Å². The highest BCUT2D eigenvalue weighted by atomic mass is 32.1. The number of nitrogens with one attached hydrogen (secondary N) is 1. The van der Waals surface area contributed by atoms with E-state index in [-0.39, 0.29) is 17.5 Å². The first-order chi connectivity index (χ1) is 10.4. The van der Waals surface area contributed by atoms with Crippen molar-refractivity contribution in [3.05, 3.63) is 28.0 Å². The summed E-state index contributed by atoms with van der Waals surface area (Å²) in [5.41, 5.74) is 3.02. The summed E-state index contributed by atoms with van der Waals surface area (Å²) in [6, 6.07) is 0.0221. The summed E-state index contributed by atoms with van der Waals surface area (Å²) in [5, 5.41) is 11.6. The molecule has 2 aromatic rings. The van der Waals surface area contributed by atoms with Crippen molar-refractivity contribution in [2.45, 2.75) is 58.5 Å². The Kier molecular flexibility index (Phi) is 3.76. The van der Waals surface area contributed by atoms with Gasteiger partial charge in [-0.3, -0.25) is 9.48 Å². The maximum absolute atomic E-state index is 12.4. The van der Waals surface area contributed by atoms with Crippen LogP contribution in [0.15, 0.2) is 6.20 Å². The zero-order chi connectivity index (χ0) is 15.9. The van der Waals surface area contributed by atoms with Gasteiger partial charge in [0.15, 0.2) is 0 Å². The quantitative estimate of drug-likeness (QED) is 0.923. The van der Waals surface area contributed by atoms with Crippen molar-refractivity contribution in [3.8, 4) is 0 Å². The average molecular weight is 319 g/mol. The Morgan fingerprint density at radius 1 is 1.45 bits per heavy atom. The van der Waals surface area contributed by atoms with Crippen LogP contribution >= 0.6 is 11.5 Å². The summed E-state index contributed by atoms with van der Waals surface area (Å²) in [5.74, 6) is -0.0890. The Labute approximate surface area is 134 Å². The Balaban J connectivity index is 1.85. The molecule has 1 atom stereocenters. The highest BCUT2D eigenvalue weighted by Gasteiger charge is 2.29. The van der Waals surface area contributed by atoms with Crippen LogP contribution in [0.3, 0.4) is 0 Å². The number of aryl methyl sites for hydroxylation is 1. The number of fused-ring (bicyclic) bond motifs is 1. The molecule has 1 aliphatic rings. The molecule has 0 aliphatic heterocycles. The standard InChI is InChI=1S/C15H21N5OS/c1-9-13(22-19-18-9)14(21)17-11-6-5-7-12-10(11)8-16-20(12)15(2,3)4/h8,11H,5-7H2,1-4H3,(H,17,21)/t11-/m0/s1. The lowest BCUT2D eigenvalue weighted by atomic mass is 9.92. The first-order valence-corrected chi connectivity index (χ1v) is 8.32. The van der Waals surface area contributed by atoms with Gasteiger partial charge >= 0.3 is 0 Å². The molecule has 2 heterocycles. The molecule has 1 amide bonds. The summed E-state index contributed by atoms with van der Waals surface area (Å²) in [6.07, 6.45) is 4.92. The van der Waals surface area contributed by atoms with Gasteiger partial charge in [-0.05, 0) is 58.5 Å². The Morgan fingerprint density at radius 2 is 2.23 bits per heavy atom.